The molecule has 3 unspecified atom stereocenters. The van der Waals surface area contributed by atoms with Crippen LogP contribution >= 0.6 is 0 Å². The maximum absolute atomic E-state index is 12.6. The predicted molar refractivity (Wildman–Crippen MR) is 95.0 cm³/mol. The summed E-state index contributed by atoms with van der Waals surface area (Å²) in [5.41, 5.74) is 1.40. The fraction of sp³-hybridized carbons (Fsp3) is 0.833. The van der Waals surface area contributed by atoms with Gasteiger partial charge in [0.25, 0.3) is 0 Å². The molecular formula is C18H30N2O3S. The number of hydrogen-bond donors (Lipinski definition) is 1. The standard InChI is InChI=1S/C18H30N2O3S/c1-14(21)20-12-10-16-13-17(7-8-18(16)20)24(22,23)19-11-9-15-5-3-2-4-6-15/h5,16-19H,2-4,6-13H2,1H3. The van der Waals surface area contributed by atoms with Crippen molar-refractivity contribution in [3.63, 3.8) is 0 Å². The molecule has 0 bridgehead atoms. The van der Waals surface area contributed by atoms with Crippen molar-refractivity contribution < 1.29 is 13.2 Å². The van der Waals surface area contributed by atoms with Crippen LogP contribution in [-0.4, -0.2) is 43.6 Å². The van der Waals surface area contributed by atoms with E-state index < -0.39 is 10.0 Å². The number of likely N-dealkylation sites (tertiary alicyclic amines) is 1. The molecule has 0 radical (unpaired) electrons. The van der Waals surface area contributed by atoms with Crippen molar-refractivity contribution in [2.24, 2.45) is 5.92 Å². The number of amides is 1. The van der Waals surface area contributed by atoms with Gasteiger partial charge in [-0.25, -0.2) is 13.1 Å². The molecule has 2 fully saturated rings. The molecule has 24 heavy (non-hydrogen) atoms. The van der Waals surface area contributed by atoms with Crippen LogP contribution in [0.5, 0.6) is 0 Å². The number of sulfonamides is 1. The van der Waals surface area contributed by atoms with Crippen molar-refractivity contribution in [1.82, 2.24) is 9.62 Å². The molecule has 0 aromatic carbocycles. The molecule has 0 aromatic heterocycles. The largest absolute Gasteiger partial charge is 0.340 e. The average molecular weight is 355 g/mol. The molecule has 1 saturated heterocycles. The highest BCUT2D eigenvalue weighted by Gasteiger charge is 2.43. The lowest BCUT2D eigenvalue weighted by atomic mass is 9.85. The van der Waals surface area contributed by atoms with E-state index in [-0.39, 0.29) is 17.2 Å². The summed E-state index contributed by atoms with van der Waals surface area (Å²) in [5.74, 6) is 0.480. The Balaban J connectivity index is 1.51. The van der Waals surface area contributed by atoms with Gasteiger partial charge in [-0.05, 0) is 63.7 Å². The van der Waals surface area contributed by atoms with Gasteiger partial charge in [0, 0.05) is 26.1 Å². The van der Waals surface area contributed by atoms with E-state index in [9.17, 15) is 13.2 Å². The molecule has 0 aromatic rings. The Hall–Kier alpha value is -0.880. The van der Waals surface area contributed by atoms with E-state index in [1.54, 1.807) is 6.92 Å². The molecule has 2 aliphatic carbocycles. The number of carbonyl (C=O) groups is 1. The average Bonchev–Trinajstić information content (AvgIpc) is 2.99. The Morgan fingerprint density at radius 1 is 1.29 bits per heavy atom. The van der Waals surface area contributed by atoms with Crippen LogP contribution in [0.25, 0.3) is 0 Å². The van der Waals surface area contributed by atoms with E-state index in [1.165, 1.54) is 18.4 Å². The Kier molecular flexibility index (Phi) is 5.65. The molecule has 0 spiro atoms. The topological polar surface area (TPSA) is 66.5 Å². The minimum atomic E-state index is -3.24. The summed E-state index contributed by atoms with van der Waals surface area (Å²) in [4.78, 5) is 13.6. The van der Waals surface area contributed by atoms with Crippen LogP contribution in [0.3, 0.4) is 0 Å². The highest BCUT2D eigenvalue weighted by Crippen LogP contribution is 2.38. The van der Waals surface area contributed by atoms with Crippen LogP contribution in [0.15, 0.2) is 11.6 Å². The van der Waals surface area contributed by atoms with Gasteiger partial charge in [-0.15, -0.1) is 0 Å². The number of allylic oxidation sites excluding steroid dienone is 1. The molecule has 6 heteroatoms. The zero-order valence-electron chi connectivity index (χ0n) is 14.7. The molecule has 1 amide bonds. The lowest BCUT2D eigenvalue weighted by Gasteiger charge is -2.35. The van der Waals surface area contributed by atoms with Crippen LogP contribution in [-0.2, 0) is 14.8 Å². The van der Waals surface area contributed by atoms with Gasteiger partial charge in [-0.1, -0.05) is 11.6 Å². The van der Waals surface area contributed by atoms with Crippen LogP contribution < -0.4 is 4.72 Å². The molecule has 1 N–H and O–H groups in total. The van der Waals surface area contributed by atoms with E-state index >= 15 is 0 Å². The van der Waals surface area contributed by atoms with Gasteiger partial charge >= 0.3 is 0 Å². The van der Waals surface area contributed by atoms with Crippen molar-refractivity contribution in [3.05, 3.63) is 11.6 Å². The van der Waals surface area contributed by atoms with Gasteiger partial charge in [0.2, 0.25) is 15.9 Å². The van der Waals surface area contributed by atoms with Crippen molar-refractivity contribution in [1.29, 1.82) is 0 Å². The van der Waals surface area contributed by atoms with Crippen molar-refractivity contribution in [2.75, 3.05) is 13.1 Å². The number of fused-ring (bicyclic) bond motifs is 1. The predicted octanol–water partition coefficient (Wildman–Crippen LogP) is 2.59. The summed E-state index contributed by atoms with van der Waals surface area (Å²) < 4.78 is 28.1. The van der Waals surface area contributed by atoms with E-state index in [1.807, 2.05) is 4.90 Å². The molecule has 5 nitrogen and oxygen atoms in total. The smallest absolute Gasteiger partial charge is 0.219 e. The highest BCUT2D eigenvalue weighted by atomic mass is 32.2. The second kappa shape index (κ2) is 7.56. The first-order chi connectivity index (χ1) is 11.5. The van der Waals surface area contributed by atoms with E-state index in [0.29, 0.717) is 25.3 Å². The maximum Gasteiger partial charge on any atom is 0.219 e. The summed E-state index contributed by atoms with van der Waals surface area (Å²) in [5, 5.41) is -0.286. The Morgan fingerprint density at radius 3 is 2.83 bits per heavy atom. The van der Waals surface area contributed by atoms with E-state index in [2.05, 4.69) is 10.8 Å². The zero-order valence-corrected chi connectivity index (χ0v) is 15.5. The Labute approximate surface area is 145 Å². The number of hydrogen-bond acceptors (Lipinski definition) is 3. The lowest BCUT2D eigenvalue weighted by Crippen LogP contribution is -2.44. The molecule has 136 valence electrons. The third kappa shape index (κ3) is 4.02. The second-order valence-electron chi connectivity index (χ2n) is 7.56. The number of carbonyl (C=O) groups excluding carboxylic acids is 1. The minimum Gasteiger partial charge on any atom is -0.340 e. The molecule has 3 rings (SSSR count). The summed E-state index contributed by atoms with van der Waals surface area (Å²) >= 11 is 0. The van der Waals surface area contributed by atoms with Crippen molar-refractivity contribution in [3.8, 4) is 0 Å². The van der Waals surface area contributed by atoms with E-state index in [0.717, 1.165) is 38.6 Å². The van der Waals surface area contributed by atoms with Gasteiger partial charge in [0.1, 0.15) is 0 Å². The van der Waals surface area contributed by atoms with Crippen molar-refractivity contribution in [2.45, 2.75) is 76.0 Å². The van der Waals surface area contributed by atoms with Crippen LogP contribution in [0.1, 0.15) is 64.7 Å². The van der Waals surface area contributed by atoms with Crippen LogP contribution in [0, 0.1) is 5.92 Å². The molecule has 1 saturated carbocycles. The van der Waals surface area contributed by atoms with Crippen LogP contribution in [0.4, 0.5) is 0 Å². The molecule has 3 aliphatic rings. The first-order valence-electron chi connectivity index (χ1n) is 9.41. The quantitative estimate of drug-likeness (QED) is 0.772. The van der Waals surface area contributed by atoms with Gasteiger partial charge < -0.3 is 4.90 Å². The normalized spacial score (nSPS) is 30.8. The molecule has 1 heterocycles. The van der Waals surface area contributed by atoms with Gasteiger partial charge in [-0.3, -0.25) is 4.79 Å². The number of nitrogens with one attached hydrogen (secondary N) is 1. The molecule has 3 atom stereocenters. The second-order valence-corrected chi connectivity index (χ2v) is 9.61. The molecule has 1 aliphatic heterocycles. The molecular weight excluding hydrogens is 324 g/mol. The summed E-state index contributed by atoms with van der Waals surface area (Å²) in [6, 6.07) is 0.265. The number of nitrogens with zero attached hydrogens (tertiary/aromatic N) is 1. The minimum absolute atomic E-state index is 0.127. The van der Waals surface area contributed by atoms with Crippen LogP contribution in [0.2, 0.25) is 0 Å². The number of rotatable bonds is 5. The summed E-state index contributed by atoms with van der Waals surface area (Å²) in [7, 11) is -3.24. The zero-order chi connectivity index (χ0) is 17.2. The fourth-order valence-corrected chi connectivity index (χ4v) is 6.24. The third-order valence-corrected chi connectivity index (χ3v) is 7.93. The SMILES string of the molecule is CC(=O)N1CCC2CC(S(=O)(=O)NCCC3=CCCCC3)CCC21. The van der Waals surface area contributed by atoms with Gasteiger partial charge in [0.05, 0.1) is 5.25 Å². The first kappa shape index (κ1) is 17.9. The van der Waals surface area contributed by atoms with E-state index in [4.69, 9.17) is 0 Å². The van der Waals surface area contributed by atoms with Gasteiger partial charge in [0.15, 0.2) is 0 Å². The first-order valence-corrected chi connectivity index (χ1v) is 11.0. The monoisotopic (exact) mass is 354 g/mol. The van der Waals surface area contributed by atoms with Crippen molar-refractivity contribution >= 4 is 15.9 Å². The lowest BCUT2D eigenvalue weighted by molar-refractivity contribution is -0.130. The fourth-order valence-electron chi connectivity index (χ4n) is 4.67. The highest BCUT2D eigenvalue weighted by molar-refractivity contribution is 7.90. The van der Waals surface area contributed by atoms with Gasteiger partial charge in [-0.2, -0.15) is 0 Å². The Bertz CT molecular complexity index is 599. The third-order valence-electron chi connectivity index (χ3n) is 6.01. The maximum atomic E-state index is 12.6. The Morgan fingerprint density at radius 2 is 2.12 bits per heavy atom. The summed E-state index contributed by atoms with van der Waals surface area (Å²) in [6.45, 7) is 2.93. The summed E-state index contributed by atoms with van der Waals surface area (Å²) in [6.07, 6.45) is 11.0.